The highest BCUT2D eigenvalue weighted by atomic mass is 16.1. The normalized spacial score (nSPS) is 29.4. The van der Waals surface area contributed by atoms with Gasteiger partial charge in [-0.05, 0) is 31.1 Å². The first-order valence-corrected chi connectivity index (χ1v) is 6.07. The molecule has 1 saturated carbocycles. The molecule has 1 aliphatic carbocycles. The summed E-state index contributed by atoms with van der Waals surface area (Å²) in [6.07, 6.45) is 8.62. The van der Waals surface area contributed by atoms with E-state index in [-0.39, 0.29) is 5.91 Å². The summed E-state index contributed by atoms with van der Waals surface area (Å²) in [7, 11) is 0. The van der Waals surface area contributed by atoms with Crippen LogP contribution in [0.5, 0.6) is 0 Å². The lowest BCUT2D eigenvalue weighted by atomic mass is 9.80. The lowest BCUT2D eigenvalue weighted by Crippen LogP contribution is -2.45. The third-order valence-electron chi connectivity index (χ3n) is 3.29. The van der Waals surface area contributed by atoms with Crippen LogP contribution < -0.4 is 10.6 Å². The minimum atomic E-state index is 0.0571. The van der Waals surface area contributed by atoms with E-state index in [1.807, 2.05) is 0 Å². The predicted octanol–water partition coefficient (Wildman–Crippen LogP) is 1.15. The summed E-state index contributed by atoms with van der Waals surface area (Å²) in [5.41, 5.74) is 0. The Morgan fingerprint density at radius 1 is 1.44 bits per heavy atom. The number of nitrogens with one attached hydrogen (secondary N) is 2. The van der Waals surface area contributed by atoms with Gasteiger partial charge in [0.1, 0.15) is 0 Å². The van der Waals surface area contributed by atoms with Gasteiger partial charge in [-0.1, -0.05) is 19.8 Å². The summed E-state index contributed by atoms with van der Waals surface area (Å²) in [5, 5.41) is 5.98. The van der Waals surface area contributed by atoms with Crippen LogP contribution in [0.3, 0.4) is 0 Å². The Morgan fingerprint density at radius 3 is 2.81 bits per heavy atom. The maximum Gasteiger partial charge on any atom is 0.234 e. The van der Waals surface area contributed by atoms with Gasteiger partial charge < -0.3 is 5.32 Å². The van der Waals surface area contributed by atoms with Crippen molar-refractivity contribution in [2.24, 2.45) is 11.8 Å². The van der Waals surface area contributed by atoms with Crippen molar-refractivity contribution >= 4 is 5.91 Å². The highest BCUT2D eigenvalue weighted by Gasteiger charge is 2.26. The average Bonchev–Trinajstić information content (AvgIpc) is 2.23. The summed E-state index contributed by atoms with van der Waals surface area (Å²) in [6, 6.07) is 0.344. The van der Waals surface area contributed by atoms with Crippen molar-refractivity contribution in [3.05, 3.63) is 0 Å². The first-order chi connectivity index (χ1) is 7.63. The second kappa shape index (κ2) is 6.55. The molecule has 1 aliphatic rings. The zero-order chi connectivity index (χ0) is 12.0. The minimum absolute atomic E-state index is 0.0571. The fraction of sp³-hybridized carbons (Fsp3) is 0.769. The van der Waals surface area contributed by atoms with Crippen molar-refractivity contribution in [1.82, 2.24) is 10.6 Å². The lowest BCUT2D eigenvalue weighted by Gasteiger charge is -2.33. The number of carbonyl (C=O) groups is 1. The predicted molar refractivity (Wildman–Crippen MR) is 65.8 cm³/mol. The Balaban J connectivity index is 2.26. The van der Waals surface area contributed by atoms with E-state index in [2.05, 4.69) is 30.4 Å². The second-order valence-electron chi connectivity index (χ2n) is 4.88. The number of hydrogen-bond acceptors (Lipinski definition) is 2. The van der Waals surface area contributed by atoms with Crippen molar-refractivity contribution in [2.45, 2.75) is 39.2 Å². The molecular formula is C13H22N2O. The molecule has 0 bridgehead atoms. The van der Waals surface area contributed by atoms with E-state index < -0.39 is 0 Å². The first kappa shape index (κ1) is 13.1. The highest BCUT2D eigenvalue weighted by Crippen LogP contribution is 2.28. The molecular weight excluding hydrogens is 200 g/mol. The smallest absolute Gasteiger partial charge is 0.234 e. The first-order valence-electron chi connectivity index (χ1n) is 6.07. The average molecular weight is 222 g/mol. The maximum atomic E-state index is 11.6. The summed E-state index contributed by atoms with van der Waals surface area (Å²) in [4.78, 5) is 11.6. The molecule has 0 aromatic rings. The van der Waals surface area contributed by atoms with Gasteiger partial charge in [0.2, 0.25) is 5.91 Å². The number of amides is 1. The Hall–Kier alpha value is -1.01. The van der Waals surface area contributed by atoms with Gasteiger partial charge in [-0.3, -0.25) is 10.1 Å². The summed E-state index contributed by atoms with van der Waals surface area (Å²) in [5.74, 6) is 3.89. The molecule has 0 aromatic carbocycles. The van der Waals surface area contributed by atoms with E-state index in [0.29, 0.717) is 25.0 Å². The molecule has 0 aromatic heterocycles. The van der Waals surface area contributed by atoms with E-state index in [4.69, 9.17) is 6.42 Å². The van der Waals surface area contributed by atoms with E-state index in [1.165, 1.54) is 12.8 Å². The van der Waals surface area contributed by atoms with Crippen LogP contribution in [-0.2, 0) is 4.79 Å². The van der Waals surface area contributed by atoms with Crippen LogP contribution in [0.15, 0.2) is 0 Å². The van der Waals surface area contributed by atoms with Crippen LogP contribution in [0.4, 0.5) is 0 Å². The molecule has 16 heavy (non-hydrogen) atoms. The molecule has 0 heterocycles. The molecule has 3 atom stereocenters. The van der Waals surface area contributed by atoms with Crippen molar-refractivity contribution in [1.29, 1.82) is 0 Å². The number of rotatable bonds is 4. The van der Waals surface area contributed by atoms with Gasteiger partial charge in [0.05, 0.1) is 13.1 Å². The molecule has 2 N–H and O–H groups in total. The monoisotopic (exact) mass is 222 g/mol. The molecule has 3 unspecified atom stereocenters. The van der Waals surface area contributed by atoms with Crippen LogP contribution in [0.1, 0.15) is 33.1 Å². The molecule has 90 valence electrons. The summed E-state index contributed by atoms with van der Waals surface area (Å²) < 4.78 is 0. The van der Waals surface area contributed by atoms with Crippen LogP contribution in [-0.4, -0.2) is 25.0 Å². The minimum Gasteiger partial charge on any atom is -0.352 e. The molecule has 3 nitrogen and oxygen atoms in total. The number of terminal acetylenes is 1. The third kappa shape index (κ3) is 4.24. The molecule has 3 heteroatoms. The van der Waals surface area contributed by atoms with E-state index in [0.717, 1.165) is 12.3 Å². The fourth-order valence-corrected chi connectivity index (χ4v) is 2.39. The zero-order valence-electron chi connectivity index (χ0n) is 10.3. The Kier molecular flexibility index (Phi) is 5.34. The Labute approximate surface area is 98.4 Å². The largest absolute Gasteiger partial charge is 0.352 e. The summed E-state index contributed by atoms with van der Waals surface area (Å²) in [6.45, 7) is 5.27. The Morgan fingerprint density at radius 2 is 2.19 bits per heavy atom. The highest BCUT2D eigenvalue weighted by molar-refractivity contribution is 5.78. The zero-order valence-corrected chi connectivity index (χ0v) is 10.3. The molecule has 1 rings (SSSR count). The van der Waals surface area contributed by atoms with Gasteiger partial charge in [-0.15, -0.1) is 6.42 Å². The van der Waals surface area contributed by atoms with Crippen molar-refractivity contribution in [3.8, 4) is 12.3 Å². The summed E-state index contributed by atoms with van der Waals surface area (Å²) >= 11 is 0. The number of hydrogen-bond donors (Lipinski definition) is 2. The van der Waals surface area contributed by atoms with Crippen LogP contribution in [0, 0.1) is 24.2 Å². The van der Waals surface area contributed by atoms with Crippen LogP contribution in [0.25, 0.3) is 0 Å². The second-order valence-corrected chi connectivity index (χ2v) is 4.88. The topological polar surface area (TPSA) is 41.1 Å². The quantitative estimate of drug-likeness (QED) is 0.553. The van der Waals surface area contributed by atoms with E-state index >= 15 is 0 Å². The molecule has 0 saturated heterocycles. The molecule has 0 spiro atoms. The van der Waals surface area contributed by atoms with Crippen molar-refractivity contribution in [2.75, 3.05) is 13.1 Å². The molecule has 0 radical (unpaired) electrons. The van der Waals surface area contributed by atoms with E-state index in [9.17, 15) is 4.79 Å². The molecule has 0 aliphatic heterocycles. The maximum absolute atomic E-state index is 11.6. The van der Waals surface area contributed by atoms with Crippen LogP contribution in [0.2, 0.25) is 0 Å². The third-order valence-corrected chi connectivity index (χ3v) is 3.29. The van der Waals surface area contributed by atoms with Gasteiger partial charge in [0.15, 0.2) is 0 Å². The van der Waals surface area contributed by atoms with Crippen molar-refractivity contribution < 1.29 is 4.79 Å². The van der Waals surface area contributed by atoms with Gasteiger partial charge in [0, 0.05) is 6.04 Å². The molecule has 1 amide bonds. The van der Waals surface area contributed by atoms with E-state index in [1.54, 1.807) is 0 Å². The van der Waals surface area contributed by atoms with Crippen LogP contribution >= 0.6 is 0 Å². The molecule has 1 fully saturated rings. The van der Waals surface area contributed by atoms with Gasteiger partial charge in [-0.25, -0.2) is 0 Å². The fourth-order valence-electron chi connectivity index (χ4n) is 2.39. The SMILES string of the molecule is C#CCNCC(=O)NC1CCC(C)CC1C. The van der Waals surface area contributed by atoms with Crippen molar-refractivity contribution in [3.63, 3.8) is 0 Å². The lowest BCUT2D eigenvalue weighted by molar-refractivity contribution is -0.121. The van der Waals surface area contributed by atoms with Gasteiger partial charge in [-0.2, -0.15) is 0 Å². The number of carbonyl (C=O) groups excluding carboxylic acids is 1. The van der Waals surface area contributed by atoms with Gasteiger partial charge >= 0.3 is 0 Å². The van der Waals surface area contributed by atoms with Gasteiger partial charge in [0.25, 0.3) is 0 Å². The Bertz CT molecular complexity index is 270. The standard InChI is InChI=1S/C13H22N2O/c1-4-7-14-9-13(16)15-12-6-5-10(2)8-11(12)3/h1,10-12,14H,5-9H2,2-3H3,(H,15,16).